The lowest BCUT2D eigenvalue weighted by atomic mass is 10.0. The Hall–Kier alpha value is -0.610. The molecular formula is C11H20N2O2. The third kappa shape index (κ3) is 2.16. The molecule has 1 N–H and O–H groups in total. The molecule has 0 aromatic rings. The Morgan fingerprint density at radius 1 is 1.47 bits per heavy atom. The van der Waals surface area contributed by atoms with Gasteiger partial charge in [-0.15, -0.1) is 0 Å². The first-order chi connectivity index (χ1) is 7.22. The molecule has 2 heterocycles. The number of carbonyl (C=O) groups excluding carboxylic acids is 1. The van der Waals surface area contributed by atoms with Gasteiger partial charge in [-0.3, -0.25) is 9.69 Å². The Kier molecular flexibility index (Phi) is 3.26. The predicted molar refractivity (Wildman–Crippen MR) is 57.5 cm³/mol. The Balaban J connectivity index is 1.87. The molecule has 0 aromatic carbocycles. The number of esters is 1. The molecule has 15 heavy (non-hydrogen) atoms. The normalized spacial score (nSPS) is 32.7. The molecule has 2 aliphatic rings. The van der Waals surface area contributed by atoms with E-state index in [1.165, 1.54) is 0 Å². The number of rotatable bonds is 3. The van der Waals surface area contributed by atoms with Crippen molar-refractivity contribution in [3.05, 3.63) is 0 Å². The second-order valence-electron chi connectivity index (χ2n) is 4.56. The SMILES string of the molecule is CCOC(=O)C(C)N1CC2CNCC2C1. The summed E-state index contributed by atoms with van der Waals surface area (Å²) in [7, 11) is 0. The molecule has 2 rings (SSSR count). The van der Waals surface area contributed by atoms with Crippen molar-refractivity contribution < 1.29 is 9.53 Å². The summed E-state index contributed by atoms with van der Waals surface area (Å²) in [6.45, 7) is 8.58. The van der Waals surface area contributed by atoms with Crippen LogP contribution in [0.25, 0.3) is 0 Å². The van der Waals surface area contributed by atoms with Crippen LogP contribution in [0.3, 0.4) is 0 Å². The Morgan fingerprint density at radius 3 is 2.60 bits per heavy atom. The van der Waals surface area contributed by atoms with E-state index in [1.807, 2.05) is 13.8 Å². The third-order valence-electron chi connectivity index (χ3n) is 3.59. The minimum absolute atomic E-state index is 0.0736. The van der Waals surface area contributed by atoms with E-state index in [2.05, 4.69) is 10.2 Å². The van der Waals surface area contributed by atoms with Crippen LogP contribution in [-0.2, 0) is 9.53 Å². The second kappa shape index (κ2) is 4.49. The first kappa shape index (κ1) is 10.9. The third-order valence-corrected chi connectivity index (χ3v) is 3.59. The molecule has 0 radical (unpaired) electrons. The van der Waals surface area contributed by atoms with E-state index in [4.69, 9.17) is 4.74 Å². The molecule has 86 valence electrons. The molecule has 2 fully saturated rings. The van der Waals surface area contributed by atoms with E-state index in [0.29, 0.717) is 6.61 Å². The molecule has 2 saturated heterocycles. The molecule has 4 nitrogen and oxygen atoms in total. The van der Waals surface area contributed by atoms with Crippen molar-refractivity contribution >= 4 is 5.97 Å². The van der Waals surface area contributed by atoms with Crippen LogP contribution in [0.15, 0.2) is 0 Å². The van der Waals surface area contributed by atoms with Crippen molar-refractivity contribution in [3.63, 3.8) is 0 Å². The monoisotopic (exact) mass is 212 g/mol. The zero-order valence-corrected chi connectivity index (χ0v) is 9.53. The molecule has 0 bridgehead atoms. The van der Waals surface area contributed by atoms with Crippen molar-refractivity contribution in [2.75, 3.05) is 32.8 Å². The number of nitrogens with zero attached hydrogens (tertiary/aromatic N) is 1. The van der Waals surface area contributed by atoms with Gasteiger partial charge in [0.1, 0.15) is 6.04 Å². The minimum Gasteiger partial charge on any atom is -0.465 e. The van der Waals surface area contributed by atoms with E-state index < -0.39 is 0 Å². The number of hydrogen-bond donors (Lipinski definition) is 1. The van der Waals surface area contributed by atoms with Crippen molar-refractivity contribution in [2.24, 2.45) is 11.8 Å². The highest BCUT2D eigenvalue weighted by atomic mass is 16.5. The lowest BCUT2D eigenvalue weighted by Crippen LogP contribution is -2.40. The standard InChI is InChI=1S/C11H20N2O2/c1-3-15-11(14)8(2)13-6-9-4-12-5-10(9)7-13/h8-10,12H,3-7H2,1-2H3. The summed E-state index contributed by atoms with van der Waals surface area (Å²) in [6.07, 6.45) is 0. The largest absolute Gasteiger partial charge is 0.465 e. The van der Waals surface area contributed by atoms with E-state index in [0.717, 1.165) is 38.0 Å². The van der Waals surface area contributed by atoms with E-state index in [-0.39, 0.29) is 12.0 Å². The zero-order valence-electron chi connectivity index (χ0n) is 9.53. The highest BCUT2D eigenvalue weighted by molar-refractivity contribution is 5.75. The Morgan fingerprint density at radius 2 is 2.07 bits per heavy atom. The van der Waals surface area contributed by atoms with Crippen LogP contribution in [0.1, 0.15) is 13.8 Å². The molecule has 4 heteroatoms. The molecule has 0 spiro atoms. The predicted octanol–water partition coefficient (Wildman–Crippen LogP) is 0.0892. The summed E-state index contributed by atoms with van der Waals surface area (Å²) in [5.74, 6) is 1.40. The summed E-state index contributed by atoms with van der Waals surface area (Å²) >= 11 is 0. The number of ether oxygens (including phenoxy) is 1. The summed E-state index contributed by atoms with van der Waals surface area (Å²) in [5.41, 5.74) is 0. The number of hydrogen-bond acceptors (Lipinski definition) is 4. The Bertz CT molecular complexity index is 233. The first-order valence-electron chi connectivity index (χ1n) is 5.83. The maximum Gasteiger partial charge on any atom is 0.323 e. The Labute approximate surface area is 91.0 Å². The van der Waals surface area contributed by atoms with Gasteiger partial charge in [-0.25, -0.2) is 0 Å². The smallest absolute Gasteiger partial charge is 0.323 e. The maximum absolute atomic E-state index is 11.6. The van der Waals surface area contributed by atoms with Crippen LogP contribution in [0.4, 0.5) is 0 Å². The van der Waals surface area contributed by atoms with E-state index in [9.17, 15) is 4.79 Å². The van der Waals surface area contributed by atoms with Gasteiger partial charge in [-0.05, 0) is 38.8 Å². The first-order valence-corrected chi connectivity index (χ1v) is 5.83. The minimum atomic E-state index is -0.0783. The van der Waals surface area contributed by atoms with Gasteiger partial charge in [0.05, 0.1) is 6.61 Å². The fourth-order valence-corrected chi connectivity index (χ4v) is 2.62. The van der Waals surface area contributed by atoms with Gasteiger partial charge in [0.25, 0.3) is 0 Å². The van der Waals surface area contributed by atoms with Crippen molar-refractivity contribution in [1.29, 1.82) is 0 Å². The second-order valence-corrected chi connectivity index (χ2v) is 4.56. The zero-order chi connectivity index (χ0) is 10.8. The number of likely N-dealkylation sites (tertiary alicyclic amines) is 1. The number of fused-ring (bicyclic) bond motifs is 1. The van der Waals surface area contributed by atoms with Crippen LogP contribution in [0.5, 0.6) is 0 Å². The van der Waals surface area contributed by atoms with E-state index in [1.54, 1.807) is 0 Å². The molecule has 0 aliphatic carbocycles. The summed E-state index contributed by atoms with van der Waals surface area (Å²) in [5, 5.41) is 3.40. The van der Waals surface area contributed by atoms with Crippen molar-refractivity contribution in [1.82, 2.24) is 10.2 Å². The summed E-state index contributed by atoms with van der Waals surface area (Å²) in [4.78, 5) is 13.8. The number of nitrogens with one attached hydrogen (secondary N) is 1. The fraction of sp³-hybridized carbons (Fsp3) is 0.909. The highest BCUT2D eigenvalue weighted by Gasteiger charge is 2.39. The van der Waals surface area contributed by atoms with Crippen LogP contribution < -0.4 is 5.32 Å². The topological polar surface area (TPSA) is 41.6 Å². The quantitative estimate of drug-likeness (QED) is 0.673. The van der Waals surface area contributed by atoms with Crippen LogP contribution in [0.2, 0.25) is 0 Å². The van der Waals surface area contributed by atoms with Gasteiger partial charge in [0, 0.05) is 13.1 Å². The summed E-state index contributed by atoms with van der Waals surface area (Å²) < 4.78 is 5.04. The lowest BCUT2D eigenvalue weighted by molar-refractivity contribution is -0.148. The molecule has 3 atom stereocenters. The van der Waals surface area contributed by atoms with Crippen LogP contribution in [-0.4, -0.2) is 49.7 Å². The molecule has 2 aliphatic heterocycles. The number of carbonyl (C=O) groups is 1. The molecule has 0 amide bonds. The average Bonchev–Trinajstić information content (AvgIpc) is 2.75. The van der Waals surface area contributed by atoms with Gasteiger partial charge in [0.15, 0.2) is 0 Å². The molecular weight excluding hydrogens is 192 g/mol. The average molecular weight is 212 g/mol. The van der Waals surface area contributed by atoms with Gasteiger partial charge >= 0.3 is 5.97 Å². The summed E-state index contributed by atoms with van der Waals surface area (Å²) in [6, 6.07) is -0.0736. The highest BCUT2D eigenvalue weighted by Crippen LogP contribution is 2.27. The van der Waals surface area contributed by atoms with Gasteiger partial charge < -0.3 is 10.1 Å². The molecule has 3 unspecified atom stereocenters. The molecule has 0 saturated carbocycles. The van der Waals surface area contributed by atoms with Crippen molar-refractivity contribution in [3.8, 4) is 0 Å². The van der Waals surface area contributed by atoms with Gasteiger partial charge in [-0.2, -0.15) is 0 Å². The van der Waals surface area contributed by atoms with Crippen molar-refractivity contribution in [2.45, 2.75) is 19.9 Å². The van der Waals surface area contributed by atoms with Crippen LogP contribution in [0, 0.1) is 11.8 Å². The van der Waals surface area contributed by atoms with Gasteiger partial charge in [0.2, 0.25) is 0 Å². The maximum atomic E-state index is 11.6. The molecule has 0 aromatic heterocycles. The lowest BCUT2D eigenvalue weighted by Gasteiger charge is -2.23. The van der Waals surface area contributed by atoms with Gasteiger partial charge in [-0.1, -0.05) is 0 Å². The van der Waals surface area contributed by atoms with E-state index >= 15 is 0 Å². The van der Waals surface area contributed by atoms with Crippen LogP contribution >= 0.6 is 0 Å². The fourth-order valence-electron chi connectivity index (χ4n) is 2.62.